The molecule has 0 saturated carbocycles. The van der Waals surface area contributed by atoms with E-state index in [1.165, 1.54) is 5.39 Å². The van der Waals surface area contributed by atoms with Crippen molar-refractivity contribution in [1.82, 2.24) is 14.8 Å². The first-order valence-electron chi connectivity index (χ1n) is 13.4. The number of aromatic nitrogens is 3. The Labute approximate surface area is 230 Å². The van der Waals surface area contributed by atoms with Crippen LogP contribution in [0.25, 0.3) is 72.3 Å². The van der Waals surface area contributed by atoms with Crippen LogP contribution >= 0.6 is 0 Å². The molecular weight excluding hydrogens is 490 g/mol. The smallest absolute Gasteiger partial charge is 0.169 e. The Morgan fingerprint density at radius 1 is 0.450 bits per heavy atom. The fourth-order valence-electron chi connectivity index (χ4n) is 5.66. The Bertz CT molecular complexity index is 2150. The van der Waals surface area contributed by atoms with Crippen molar-refractivity contribution in [1.29, 1.82) is 0 Å². The highest BCUT2D eigenvalue weighted by atomic mass is 16.3. The first-order chi connectivity index (χ1) is 19.8. The van der Waals surface area contributed by atoms with Gasteiger partial charge in [0.15, 0.2) is 11.6 Å². The van der Waals surface area contributed by atoms with Crippen LogP contribution in [0.15, 0.2) is 144 Å². The third-order valence-corrected chi connectivity index (χ3v) is 7.57. The molecular formula is C36H23N3O. The summed E-state index contributed by atoms with van der Waals surface area (Å²) in [5.41, 5.74) is 7.02. The van der Waals surface area contributed by atoms with E-state index in [9.17, 15) is 0 Å². The third-order valence-electron chi connectivity index (χ3n) is 7.57. The van der Waals surface area contributed by atoms with E-state index in [0.29, 0.717) is 0 Å². The number of hydrogen-bond donors (Lipinski definition) is 0. The number of hydrogen-bond acceptors (Lipinski definition) is 3. The Hall–Kier alpha value is -5.48. The molecule has 0 spiro atoms. The summed E-state index contributed by atoms with van der Waals surface area (Å²) in [5, 5.41) is 14.0. The number of benzene rings is 6. The zero-order valence-corrected chi connectivity index (χ0v) is 21.5. The number of nitrogens with zero attached hydrogens (tertiary/aromatic N) is 3. The van der Waals surface area contributed by atoms with Gasteiger partial charge in [0.1, 0.15) is 11.2 Å². The van der Waals surface area contributed by atoms with E-state index in [2.05, 4.69) is 108 Å². The van der Waals surface area contributed by atoms with Crippen LogP contribution in [0.1, 0.15) is 0 Å². The number of furan rings is 1. The van der Waals surface area contributed by atoms with E-state index in [0.717, 1.165) is 66.9 Å². The second-order valence-corrected chi connectivity index (χ2v) is 9.90. The first-order valence-corrected chi connectivity index (χ1v) is 13.4. The van der Waals surface area contributed by atoms with Gasteiger partial charge < -0.3 is 4.42 Å². The molecule has 188 valence electrons. The van der Waals surface area contributed by atoms with Gasteiger partial charge in [0.25, 0.3) is 0 Å². The maximum absolute atomic E-state index is 6.29. The van der Waals surface area contributed by atoms with Crippen molar-refractivity contribution in [3.05, 3.63) is 140 Å². The summed E-state index contributed by atoms with van der Waals surface area (Å²) in [6.07, 6.45) is 0. The molecule has 0 bridgehead atoms. The van der Waals surface area contributed by atoms with Crippen molar-refractivity contribution in [3.8, 4) is 39.6 Å². The van der Waals surface area contributed by atoms with Crippen molar-refractivity contribution in [3.63, 3.8) is 0 Å². The van der Waals surface area contributed by atoms with Gasteiger partial charge in [0, 0.05) is 33.2 Å². The number of rotatable bonds is 4. The van der Waals surface area contributed by atoms with Crippen molar-refractivity contribution in [2.75, 3.05) is 0 Å². The molecule has 0 aliphatic rings. The maximum atomic E-state index is 6.29. The monoisotopic (exact) mass is 513 g/mol. The van der Waals surface area contributed by atoms with Crippen LogP contribution in [-0.2, 0) is 0 Å². The van der Waals surface area contributed by atoms with Crippen LogP contribution in [0.3, 0.4) is 0 Å². The molecule has 0 aliphatic heterocycles. The van der Waals surface area contributed by atoms with Gasteiger partial charge in [-0.05, 0) is 34.5 Å². The summed E-state index contributed by atoms with van der Waals surface area (Å²) in [6.45, 7) is 0. The molecule has 0 radical (unpaired) electrons. The van der Waals surface area contributed by atoms with Crippen LogP contribution in [0.4, 0.5) is 0 Å². The lowest BCUT2D eigenvalue weighted by atomic mass is 10.0. The van der Waals surface area contributed by atoms with E-state index in [1.54, 1.807) is 0 Å². The van der Waals surface area contributed by atoms with Crippen molar-refractivity contribution in [2.24, 2.45) is 0 Å². The molecule has 4 heteroatoms. The Kier molecular flexibility index (Phi) is 5.10. The molecule has 0 aliphatic carbocycles. The van der Waals surface area contributed by atoms with Crippen LogP contribution in [0, 0.1) is 0 Å². The molecule has 40 heavy (non-hydrogen) atoms. The van der Waals surface area contributed by atoms with Crippen LogP contribution in [-0.4, -0.2) is 14.8 Å². The van der Waals surface area contributed by atoms with Crippen LogP contribution < -0.4 is 0 Å². The molecule has 0 saturated heterocycles. The minimum atomic E-state index is 0.794. The zero-order chi connectivity index (χ0) is 26.5. The fraction of sp³-hybridized carbons (Fsp3) is 0. The predicted octanol–water partition coefficient (Wildman–Crippen LogP) is 9.32. The average Bonchev–Trinajstić information content (AvgIpc) is 3.64. The fourth-order valence-corrected chi connectivity index (χ4v) is 5.66. The van der Waals surface area contributed by atoms with Crippen LogP contribution in [0.5, 0.6) is 0 Å². The second kappa shape index (κ2) is 9.07. The van der Waals surface area contributed by atoms with Gasteiger partial charge in [0.05, 0.1) is 0 Å². The van der Waals surface area contributed by atoms with E-state index in [4.69, 9.17) is 14.6 Å². The zero-order valence-electron chi connectivity index (χ0n) is 21.5. The number of para-hydroxylation sites is 3. The van der Waals surface area contributed by atoms with Gasteiger partial charge in [-0.15, -0.1) is 10.2 Å². The van der Waals surface area contributed by atoms with E-state index in [-0.39, 0.29) is 0 Å². The molecule has 0 amide bonds. The van der Waals surface area contributed by atoms with Gasteiger partial charge in [0.2, 0.25) is 0 Å². The third kappa shape index (κ3) is 3.54. The van der Waals surface area contributed by atoms with Crippen molar-refractivity contribution in [2.45, 2.75) is 0 Å². The average molecular weight is 514 g/mol. The lowest BCUT2D eigenvalue weighted by molar-refractivity contribution is 0.670. The normalized spacial score (nSPS) is 11.5. The van der Waals surface area contributed by atoms with Gasteiger partial charge in [-0.3, -0.25) is 4.57 Å². The molecule has 2 heterocycles. The molecule has 2 aromatic heterocycles. The van der Waals surface area contributed by atoms with E-state index in [1.807, 2.05) is 36.4 Å². The molecule has 8 rings (SSSR count). The summed E-state index contributed by atoms with van der Waals surface area (Å²) in [4.78, 5) is 0. The highest BCUT2D eigenvalue weighted by Gasteiger charge is 2.19. The Balaban J connectivity index is 1.28. The van der Waals surface area contributed by atoms with Gasteiger partial charge in [-0.2, -0.15) is 0 Å². The summed E-state index contributed by atoms with van der Waals surface area (Å²) in [6, 6.07) is 48.1. The summed E-state index contributed by atoms with van der Waals surface area (Å²) in [7, 11) is 0. The highest BCUT2D eigenvalue weighted by molar-refractivity contribution is 6.09. The number of fused-ring (bicyclic) bond motifs is 4. The summed E-state index contributed by atoms with van der Waals surface area (Å²) >= 11 is 0. The second-order valence-electron chi connectivity index (χ2n) is 9.90. The van der Waals surface area contributed by atoms with Crippen molar-refractivity contribution < 1.29 is 4.42 Å². The molecule has 0 atom stereocenters. The van der Waals surface area contributed by atoms with Crippen molar-refractivity contribution >= 4 is 32.7 Å². The lowest BCUT2D eigenvalue weighted by Crippen LogP contribution is -2.00. The molecule has 4 nitrogen and oxygen atoms in total. The SMILES string of the molecule is c1ccc(-n2c(-c3ccc(-c4cccc5c4oc4ccccc45)cc3)nnc2-c2cccc3ccccc23)cc1. The standard InChI is InChI=1S/C36H23N3O/c1-2-12-27(13-3-1)39-35(37-38-36(39)32-18-8-11-24-10-4-5-14-28(24)32)26-22-20-25(21-23-26)29-16-9-17-31-30-15-6-7-19-33(30)40-34(29)31/h1-23H. The summed E-state index contributed by atoms with van der Waals surface area (Å²) in [5.74, 6) is 1.61. The predicted molar refractivity (Wildman–Crippen MR) is 162 cm³/mol. The molecule has 8 aromatic rings. The Morgan fingerprint density at radius 2 is 1.07 bits per heavy atom. The summed E-state index contributed by atoms with van der Waals surface area (Å²) < 4.78 is 8.44. The highest BCUT2D eigenvalue weighted by Crippen LogP contribution is 2.37. The minimum Gasteiger partial charge on any atom is -0.455 e. The van der Waals surface area contributed by atoms with Crippen LogP contribution in [0.2, 0.25) is 0 Å². The first kappa shape index (κ1) is 22.5. The van der Waals surface area contributed by atoms with Gasteiger partial charge in [-0.1, -0.05) is 121 Å². The molecule has 0 fully saturated rings. The molecule has 0 unspecified atom stereocenters. The molecule has 6 aromatic carbocycles. The van der Waals surface area contributed by atoms with Gasteiger partial charge in [-0.25, -0.2) is 0 Å². The van der Waals surface area contributed by atoms with E-state index < -0.39 is 0 Å². The molecule has 0 N–H and O–H groups in total. The topological polar surface area (TPSA) is 43.9 Å². The lowest BCUT2D eigenvalue weighted by Gasteiger charge is -2.13. The maximum Gasteiger partial charge on any atom is 0.169 e. The quantitative estimate of drug-likeness (QED) is 0.235. The van der Waals surface area contributed by atoms with E-state index >= 15 is 0 Å². The largest absolute Gasteiger partial charge is 0.455 e. The Morgan fingerprint density at radius 3 is 1.95 bits per heavy atom. The van der Waals surface area contributed by atoms with Gasteiger partial charge >= 0.3 is 0 Å². The minimum absolute atomic E-state index is 0.794.